The standard InChI is InChI=1S/C24H36O4/c1-19(9-6-10-20(2)12-8-14-22(4)17-25)11-7-13-21(3)15-16-28-24(27)23(5)18-26/h10-11,14-15,17-18,26H,6-9,12-13,16H2,1-5H3/b19-11+,20-10+,21-15+,22-14+,23-18+. The highest BCUT2D eigenvalue weighted by molar-refractivity contribution is 5.87. The van der Waals surface area contributed by atoms with Crippen molar-refractivity contribution in [3.05, 3.63) is 58.4 Å². The number of ether oxygens (including phenoxy) is 1. The molecule has 4 heteroatoms. The molecule has 0 saturated heterocycles. The number of aliphatic hydroxyl groups is 1. The van der Waals surface area contributed by atoms with E-state index in [1.54, 1.807) is 0 Å². The summed E-state index contributed by atoms with van der Waals surface area (Å²) < 4.78 is 5.03. The third-order valence-electron chi connectivity index (χ3n) is 4.42. The van der Waals surface area contributed by atoms with Crippen LogP contribution in [0.15, 0.2) is 58.4 Å². The fraction of sp³-hybridized carbons (Fsp3) is 0.500. The Balaban J connectivity index is 4.11. The Labute approximate surface area is 170 Å². The number of aldehydes is 1. The van der Waals surface area contributed by atoms with Crippen molar-refractivity contribution in [2.75, 3.05) is 6.61 Å². The second kappa shape index (κ2) is 15.7. The van der Waals surface area contributed by atoms with Gasteiger partial charge in [-0.05, 0) is 84.8 Å². The van der Waals surface area contributed by atoms with Crippen molar-refractivity contribution in [3.63, 3.8) is 0 Å². The van der Waals surface area contributed by atoms with E-state index in [1.165, 1.54) is 23.6 Å². The molecule has 0 aromatic rings. The molecular formula is C24H36O4. The first-order chi connectivity index (χ1) is 13.3. The van der Waals surface area contributed by atoms with E-state index in [0.717, 1.165) is 56.6 Å². The lowest BCUT2D eigenvalue weighted by molar-refractivity contribution is -0.137. The Bertz CT molecular complexity index is 646. The Morgan fingerprint density at radius 3 is 1.71 bits per heavy atom. The van der Waals surface area contributed by atoms with Gasteiger partial charge in [0.25, 0.3) is 0 Å². The Morgan fingerprint density at radius 1 is 0.786 bits per heavy atom. The minimum atomic E-state index is -0.500. The van der Waals surface area contributed by atoms with E-state index in [4.69, 9.17) is 9.84 Å². The van der Waals surface area contributed by atoms with Gasteiger partial charge >= 0.3 is 5.97 Å². The van der Waals surface area contributed by atoms with Gasteiger partial charge in [-0.3, -0.25) is 4.79 Å². The quantitative estimate of drug-likeness (QED) is 0.132. The number of esters is 1. The minimum absolute atomic E-state index is 0.196. The smallest absolute Gasteiger partial charge is 0.337 e. The summed E-state index contributed by atoms with van der Waals surface area (Å²) in [5.74, 6) is -0.500. The summed E-state index contributed by atoms with van der Waals surface area (Å²) in [6, 6.07) is 0. The van der Waals surface area contributed by atoms with Crippen LogP contribution in [0.25, 0.3) is 0 Å². The highest BCUT2D eigenvalue weighted by atomic mass is 16.5. The van der Waals surface area contributed by atoms with Crippen LogP contribution >= 0.6 is 0 Å². The van der Waals surface area contributed by atoms with Crippen LogP contribution in [-0.2, 0) is 14.3 Å². The second-order valence-corrected chi connectivity index (χ2v) is 7.24. The van der Waals surface area contributed by atoms with E-state index in [9.17, 15) is 9.59 Å². The lowest BCUT2D eigenvalue weighted by Gasteiger charge is -2.04. The first kappa shape index (κ1) is 25.6. The molecule has 156 valence electrons. The number of aliphatic hydroxyl groups excluding tert-OH is 1. The zero-order valence-electron chi connectivity index (χ0n) is 18.1. The summed E-state index contributed by atoms with van der Waals surface area (Å²) in [6.45, 7) is 9.89. The summed E-state index contributed by atoms with van der Waals surface area (Å²) in [6.07, 6.45) is 16.0. The molecule has 0 amide bonds. The van der Waals surface area contributed by atoms with E-state index in [2.05, 4.69) is 26.0 Å². The molecule has 0 rings (SSSR count). The highest BCUT2D eigenvalue weighted by Crippen LogP contribution is 2.13. The Hall–Kier alpha value is -2.36. The third-order valence-corrected chi connectivity index (χ3v) is 4.42. The van der Waals surface area contributed by atoms with E-state index in [-0.39, 0.29) is 12.2 Å². The fourth-order valence-electron chi connectivity index (χ4n) is 2.40. The second-order valence-electron chi connectivity index (χ2n) is 7.24. The summed E-state index contributed by atoms with van der Waals surface area (Å²) in [5, 5.41) is 8.74. The van der Waals surface area contributed by atoms with Gasteiger partial charge in [-0.1, -0.05) is 34.9 Å². The van der Waals surface area contributed by atoms with Gasteiger partial charge in [-0.25, -0.2) is 4.79 Å². The zero-order valence-corrected chi connectivity index (χ0v) is 18.1. The van der Waals surface area contributed by atoms with E-state index in [0.29, 0.717) is 0 Å². The molecule has 0 spiro atoms. The Morgan fingerprint density at radius 2 is 1.25 bits per heavy atom. The molecule has 0 radical (unpaired) electrons. The lowest BCUT2D eigenvalue weighted by atomic mass is 10.0. The first-order valence-electron chi connectivity index (χ1n) is 9.87. The lowest BCUT2D eigenvalue weighted by Crippen LogP contribution is -2.05. The molecule has 1 N–H and O–H groups in total. The number of hydrogen-bond acceptors (Lipinski definition) is 4. The number of carbonyl (C=O) groups is 2. The van der Waals surface area contributed by atoms with E-state index in [1.807, 2.05) is 26.0 Å². The molecule has 28 heavy (non-hydrogen) atoms. The number of allylic oxidation sites excluding steroid dienone is 7. The number of hydrogen-bond donors (Lipinski definition) is 1. The van der Waals surface area contributed by atoms with Crippen molar-refractivity contribution in [1.82, 2.24) is 0 Å². The maximum atomic E-state index is 11.4. The molecule has 0 heterocycles. The van der Waals surface area contributed by atoms with Gasteiger partial charge in [0.1, 0.15) is 12.9 Å². The molecule has 0 aliphatic carbocycles. The largest absolute Gasteiger partial charge is 0.515 e. The van der Waals surface area contributed by atoms with E-state index >= 15 is 0 Å². The zero-order chi connectivity index (χ0) is 21.4. The van der Waals surface area contributed by atoms with Crippen molar-refractivity contribution < 1.29 is 19.4 Å². The van der Waals surface area contributed by atoms with Crippen LogP contribution in [0.4, 0.5) is 0 Å². The summed E-state index contributed by atoms with van der Waals surface area (Å²) in [7, 11) is 0. The third kappa shape index (κ3) is 13.8. The Kier molecular flexibility index (Phi) is 14.4. The van der Waals surface area contributed by atoms with Gasteiger partial charge in [-0.15, -0.1) is 0 Å². The number of rotatable bonds is 13. The molecule has 0 aliphatic rings. The molecule has 0 aromatic heterocycles. The highest BCUT2D eigenvalue weighted by Gasteiger charge is 2.03. The average Bonchev–Trinajstić information content (AvgIpc) is 2.66. The molecule has 0 fully saturated rings. The van der Waals surface area contributed by atoms with Crippen LogP contribution in [0.5, 0.6) is 0 Å². The normalized spacial score (nSPS) is 14.2. The molecule has 0 aromatic carbocycles. The molecule has 0 atom stereocenters. The van der Waals surface area contributed by atoms with Gasteiger partial charge in [0.15, 0.2) is 0 Å². The monoisotopic (exact) mass is 388 g/mol. The summed E-state index contributed by atoms with van der Waals surface area (Å²) >= 11 is 0. The SMILES string of the molecule is C/C(C=O)=C\CC/C(C)=C/CC/C(C)=C/CC/C(C)=C/COC(=O)/C(C)=C/O. The van der Waals surface area contributed by atoms with Gasteiger partial charge in [0, 0.05) is 0 Å². The topological polar surface area (TPSA) is 63.6 Å². The molecule has 0 aliphatic heterocycles. The molecule has 0 bridgehead atoms. The van der Waals surface area contributed by atoms with Gasteiger partial charge in [-0.2, -0.15) is 0 Å². The van der Waals surface area contributed by atoms with Crippen molar-refractivity contribution in [2.45, 2.75) is 73.1 Å². The van der Waals surface area contributed by atoms with Crippen LogP contribution in [0.3, 0.4) is 0 Å². The van der Waals surface area contributed by atoms with Crippen LogP contribution < -0.4 is 0 Å². The van der Waals surface area contributed by atoms with Crippen molar-refractivity contribution in [3.8, 4) is 0 Å². The van der Waals surface area contributed by atoms with Gasteiger partial charge in [0.2, 0.25) is 0 Å². The molecule has 0 unspecified atom stereocenters. The summed E-state index contributed by atoms with van der Waals surface area (Å²) in [4.78, 5) is 21.9. The predicted octanol–water partition coefficient (Wildman–Crippen LogP) is 6.32. The maximum absolute atomic E-state index is 11.4. The minimum Gasteiger partial charge on any atom is -0.515 e. The maximum Gasteiger partial charge on any atom is 0.337 e. The first-order valence-corrected chi connectivity index (χ1v) is 9.87. The average molecular weight is 389 g/mol. The van der Waals surface area contributed by atoms with Crippen LogP contribution in [-0.4, -0.2) is 24.0 Å². The summed E-state index contributed by atoms with van der Waals surface area (Å²) in [5.41, 5.74) is 4.91. The number of carbonyl (C=O) groups excluding carboxylic acids is 2. The van der Waals surface area contributed by atoms with Crippen LogP contribution in [0.2, 0.25) is 0 Å². The van der Waals surface area contributed by atoms with Crippen molar-refractivity contribution in [1.29, 1.82) is 0 Å². The van der Waals surface area contributed by atoms with Crippen LogP contribution in [0.1, 0.15) is 73.1 Å². The van der Waals surface area contributed by atoms with E-state index < -0.39 is 5.97 Å². The van der Waals surface area contributed by atoms with Gasteiger partial charge in [0.05, 0.1) is 11.8 Å². The molecular weight excluding hydrogens is 352 g/mol. The predicted molar refractivity (Wildman–Crippen MR) is 116 cm³/mol. The molecule has 4 nitrogen and oxygen atoms in total. The van der Waals surface area contributed by atoms with Crippen LogP contribution in [0, 0.1) is 0 Å². The van der Waals surface area contributed by atoms with Crippen molar-refractivity contribution >= 4 is 12.3 Å². The fourth-order valence-corrected chi connectivity index (χ4v) is 2.40. The van der Waals surface area contributed by atoms with Crippen molar-refractivity contribution in [2.24, 2.45) is 0 Å². The molecule has 0 saturated carbocycles. The van der Waals surface area contributed by atoms with Gasteiger partial charge < -0.3 is 9.84 Å².